The molecule has 1 aliphatic rings. The Bertz CT molecular complexity index is 503. The van der Waals surface area contributed by atoms with Crippen molar-refractivity contribution in [1.82, 2.24) is 0 Å². The average Bonchev–Trinajstić information content (AvgIpc) is 2.81. The van der Waals surface area contributed by atoms with Crippen LogP contribution in [0.15, 0.2) is 21.6 Å². The zero-order chi connectivity index (χ0) is 13.2. The fraction of sp³-hybridized carbons (Fsp3) is 0.462. The van der Waals surface area contributed by atoms with Gasteiger partial charge in [0.1, 0.15) is 0 Å². The van der Waals surface area contributed by atoms with Gasteiger partial charge in [-0.05, 0) is 30.5 Å². The zero-order valence-corrected chi connectivity index (χ0v) is 11.7. The van der Waals surface area contributed by atoms with E-state index in [1.807, 2.05) is 0 Å². The third-order valence-electron chi connectivity index (χ3n) is 3.46. The first-order valence-electron chi connectivity index (χ1n) is 5.79. The molecule has 1 aromatic carbocycles. The summed E-state index contributed by atoms with van der Waals surface area (Å²) in [5.41, 5.74) is 0.270. The molecule has 5 heteroatoms. The minimum atomic E-state index is -0.551. The van der Waals surface area contributed by atoms with Gasteiger partial charge >= 0.3 is 0 Å². The summed E-state index contributed by atoms with van der Waals surface area (Å²) >= 11 is 3.46. The molecule has 0 heterocycles. The molecule has 0 saturated heterocycles. The van der Waals surface area contributed by atoms with Gasteiger partial charge in [0.2, 0.25) is 6.08 Å². The lowest BCUT2D eigenvalue weighted by Crippen LogP contribution is -2.19. The summed E-state index contributed by atoms with van der Waals surface area (Å²) in [6, 6.07) is 3.32. The van der Waals surface area contributed by atoms with E-state index in [9.17, 15) is 9.90 Å². The van der Waals surface area contributed by atoms with E-state index in [1.165, 1.54) is 7.11 Å². The van der Waals surface area contributed by atoms with Gasteiger partial charge in [0.25, 0.3) is 0 Å². The van der Waals surface area contributed by atoms with Gasteiger partial charge in [0.15, 0.2) is 11.5 Å². The van der Waals surface area contributed by atoms with E-state index in [0.29, 0.717) is 5.75 Å². The zero-order valence-electron chi connectivity index (χ0n) is 10.1. The predicted molar refractivity (Wildman–Crippen MR) is 70.6 cm³/mol. The fourth-order valence-corrected chi connectivity index (χ4v) is 3.24. The molecule has 18 heavy (non-hydrogen) atoms. The van der Waals surface area contributed by atoms with Crippen LogP contribution in [0.5, 0.6) is 11.5 Å². The van der Waals surface area contributed by atoms with Crippen LogP contribution >= 0.6 is 15.9 Å². The third kappa shape index (κ3) is 2.16. The Morgan fingerprint density at radius 1 is 1.44 bits per heavy atom. The number of methoxy groups -OCH3 is 1. The van der Waals surface area contributed by atoms with Crippen LogP contribution in [0, 0.1) is 0 Å². The maximum atomic E-state index is 10.7. The predicted octanol–water partition coefficient (Wildman–Crippen LogP) is 3.27. The van der Waals surface area contributed by atoms with Crippen molar-refractivity contribution in [3.63, 3.8) is 0 Å². The van der Waals surface area contributed by atoms with Crippen molar-refractivity contribution in [3.8, 4) is 11.5 Å². The van der Waals surface area contributed by atoms with Crippen LogP contribution in [-0.2, 0) is 10.3 Å². The second-order valence-corrected chi connectivity index (χ2v) is 5.30. The molecule has 0 spiro atoms. The number of halogens is 1. The van der Waals surface area contributed by atoms with E-state index in [2.05, 4.69) is 20.9 Å². The number of aliphatic imine (C=N–C) groups is 1. The number of ether oxygens (including phenoxy) is 1. The summed E-state index contributed by atoms with van der Waals surface area (Å²) in [5, 5.41) is 9.87. The molecular weight excluding hydrogens is 298 g/mol. The van der Waals surface area contributed by atoms with Crippen LogP contribution < -0.4 is 4.74 Å². The monoisotopic (exact) mass is 311 g/mol. The minimum Gasteiger partial charge on any atom is -0.504 e. The molecule has 0 aliphatic heterocycles. The Balaban J connectivity index is 2.55. The molecule has 1 saturated carbocycles. The van der Waals surface area contributed by atoms with Gasteiger partial charge < -0.3 is 9.84 Å². The van der Waals surface area contributed by atoms with E-state index in [0.717, 1.165) is 35.7 Å². The molecule has 0 radical (unpaired) electrons. The molecule has 1 aliphatic carbocycles. The van der Waals surface area contributed by atoms with Crippen molar-refractivity contribution >= 4 is 22.0 Å². The van der Waals surface area contributed by atoms with Crippen molar-refractivity contribution in [1.29, 1.82) is 0 Å². The minimum absolute atomic E-state index is 0.0584. The average molecular weight is 312 g/mol. The number of nitrogens with zero attached hydrogens (tertiary/aromatic N) is 1. The molecular formula is C13H14BrNO3. The summed E-state index contributed by atoms with van der Waals surface area (Å²) < 4.78 is 5.84. The van der Waals surface area contributed by atoms with Gasteiger partial charge in [-0.3, -0.25) is 0 Å². The normalized spacial score (nSPS) is 17.2. The summed E-state index contributed by atoms with van der Waals surface area (Å²) in [5.74, 6) is 0.455. The molecule has 1 aromatic rings. The smallest absolute Gasteiger partial charge is 0.235 e. The van der Waals surface area contributed by atoms with E-state index in [1.54, 1.807) is 18.2 Å². The molecule has 0 aromatic heterocycles. The highest BCUT2D eigenvalue weighted by Crippen LogP contribution is 2.47. The third-order valence-corrected chi connectivity index (χ3v) is 4.12. The number of rotatable bonds is 3. The maximum absolute atomic E-state index is 10.7. The number of phenolic OH excluding ortho intramolecular Hbond substituents is 1. The van der Waals surface area contributed by atoms with Crippen LogP contribution in [0.1, 0.15) is 31.2 Å². The number of isocyanates is 1. The van der Waals surface area contributed by atoms with E-state index < -0.39 is 5.54 Å². The van der Waals surface area contributed by atoms with E-state index >= 15 is 0 Å². The van der Waals surface area contributed by atoms with Gasteiger partial charge in [-0.15, -0.1) is 0 Å². The van der Waals surface area contributed by atoms with Crippen LogP contribution in [0.3, 0.4) is 0 Å². The number of phenols is 1. The first-order valence-corrected chi connectivity index (χ1v) is 6.58. The lowest BCUT2D eigenvalue weighted by molar-refractivity contribution is 0.369. The molecule has 4 nitrogen and oxygen atoms in total. The van der Waals surface area contributed by atoms with Crippen LogP contribution in [-0.4, -0.2) is 18.3 Å². The highest BCUT2D eigenvalue weighted by Gasteiger charge is 2.37. The largest absolute Gasteiger partial charge is 0.504 e. The van der Waals surface area contributed by atoms with Gasteiger partial charge in [-0.25, -0.2) is 4.79 Å². The molecule has 1 N–H and O–H groups in total. The topological polar surface area (TPSA) is 58.9 Å². The van der Waals surface area contributed by atoms with Crippen molar-refractivity contribution in [2.45, 2.75) is 31.2 Å². The van der Waals surface area contributed by atoms with Crippen molar-refractivity contribution in [2.75, 3.05) is 7.11 Å². The number of benzene rings is 1. The lowest BCUT2D eigenvalue weighted by atomic mass is 9.88. The van der Waals surface area contributed by atoms with Crippen LogP contribution in [0.4, 0.5) is 0 Å². The molecule has 1 fully saturated rings. The highest BCUT2D eigenvalue weighted by atomic mass is 79.9. The number of hydrogen-bond donors (Lipinski definition) is 1. The summed E-state index contributed by atoms with van der Waals surface area (Å²) in [6.07, 6.45) is 5.30. The fourth-order valence-electron chi connectivity index (χ4n) is 2.55. The van der Waals surface area contributed by atoms with E-state index in [4.69, 9.17) is 4.74 Å². The summed E-state index contributed by atoms with van der Waals surface area (Å²) in [6.45, 7) is 0. The number of hydrogen-bond acceptors (Lipinski definition) is 4. The molecule has 0 atom stereocenters. The Hall–Kier alpha value is -1.32. The maximum Gasteiger partial charge on any atom is 0.235 e. The van der Waals surface area contributed by atoms with Crippen LogP contribution in [0.2, 0.25) is 0 Å². The Kier molecular flexibility index (Phi) is 3.73. The van der Waals surface area contributed by atoms with E-state index in [-0.39, 0.29) is 5.75 Å². The van der Waals surface area contributed by atoms with Gasteiger partial charge in [0, 0.05) is 4.47 Å². The Labute approximate surface area is 114 Å². The van der Waals surface area contributed by atoms with Gasteiger partial charge in [-0.2, -0.15) is 4.99 Å². The first-order chi connectivity index (χ1) is 8.63. The number of aromatic hydroxyl groups is 1. The van der Waals surface area contributed by atoms with Crippen molar-refractivity contribution < 1.29 is 14.6 Å². The Morgan fingerprint density at radius 3 is 2.67 bits per heavy atom. The lowest BCUT2D eigenvalue weighted by Gasteiger charge is -2.24. The second-order valence-electron chi connectivity index (χ2n) is 4.45. The standard InChI is InChI=1S/C13H14BrNO3/c1-18-12-7-10(14)9(6-11(12)17)13(15-8-16)4-2-3-5-13/h6-7,17H,2-5H2,1H3. The molecule has 0 bridgehead atoms. The SMILES string of the molecule is COc1cc(Br)c(C2(N=C=O)CCCC2)cc1O. The summed E-state index contributed by atoms with van der Waals surface area (Å²) in [4.78, 5) is 14.7. The Morgan fingerprint density at radius 2 is 2.11 bits per heavy atom. The van der Waals surface area contributed by atoms with Crippen LogP contribution in [0.25, 0.3) is 0 Å². The quantitative estimate of drug-likeness (QED) is 0.688. The van der Waals surface area contributed by atoms with Crippen molar-refractivity contribution in [3.05, 3.63) is 22.2 Å². The van der Waals surface area contributed by atoms with Gasteiger partial charge in [-0.1, -0.05) is 28.8 Å². The molecule has 0 amide bonds. The second kappa shape index (κ2) is 5.12. The summed E-state index contributed by atoms with van der Waals surface area (Å²) in [7, 11) is 1.50. The molecule has 0 unspecified atom stereocenters. The van der Waals surface area contributed by atoms with Crippen molar-refractivity contribution in [2.24, 2.45) is 4.99 Å². The molecule has 2 rings (SSSR count). The molecule has 96 valence electrons. The number of carbonyl (C=O) groups excluding carboxylic acids is 1. The van der Waals surface area contributed by atoms with Gasteiger partial charge in [0.05, 0.1) is 12.6 Å². The highest BCUT2D eigenvalue weighted by molar-refractivity contribution is 9.10. The first kappa shape index (κ1) is 13.1.